The van der Waals surface area contributed by atoms with E-state index in [1.807, 2.05) is 31.2 Å². The van der Waals surface area contributed by atoms with E-state index < -0.39 is 0 Å². The zero-order valence-electron chi connectivity index (χ0n) is 17.9. The van der Waals surface area contributed by atoms with Crippen molar-refractivity contribution in [3.63, 3.8) is 0 Å². The summed E-state index contributed by atoms with van der Waals surface area (Å²) >= 11 is 6.03. The molecule has 0 bridgehead atoms. The van der Waals surface area contributed by atoms with Crippen LogP contribution in [0.1, 0.15) is 43.7 Å². The summed E-state index contributed by atoms with van der Waals surface area (Å²) in [5, 5.41) is 15.4. The fourth-order valence-corrected chi connectivity index (χ4v) is 3.20. The van der Waals surface area contributed by atoms with Gasteiger partial charge in [-0.1, -0.05) is 47.9 Å². The number of aryl methyl sites for hydroxylation is 2. The topological polar surface area (TPSA) is 101 Å². The van der Waals surface area contributed by atoms with Crippen LogP contribution in [0.15, 0.2) is 38.3 Å². The molecule has 0 aliphatic carbocycles. The normalized spacial score (nSPS) is 11.3. The number of benzene rings is 1. The lowest BCUT2D eigenvalue weighted by atomic mass is 10.1. The first-order chi connectivity index (χ1) is 14.6. The van der Waals surface area contributed by atoms with Crippen molar-refractivity contribution in [1.29, 1.82) is 0 Å². The summed E-state index contributed by atoms with van der Waals surface area (Å²) < 4.78 is 10.8. The summed E-state index contributed by atoms with van der Waals surface area (Å²) in [6.07, 6.45) is 2.20. The van der Waals surface area contributed by atoms with Crippen molar-refractivity contribution < 1.29 is 9.05 Å². The second-order valence-electron chi connectivity index (χ2n) is 6.63. The van der Waals surface area contributed by atoms with Gasteiger partial charge in [0.2, 0.25) is 11.7 Å². The van der Waals surface area contributed by atoms with Crippen LogP contribution in [0, 0.1) is 0 Å². The third-order valence-electron chi connectivity index (χ3n) is 4.53. The van der Waals surface area contributed by atoms with E-state index in [9.17, 15) is 0 Å². The van der Waals surface area contributed by atoms with E-state index in [-0.39, 0.29) is 24.0 Å². The highest BCUT2D eigenvalue weighted by Crippen LogP contribution is 2.20. The molecule has 168 valence electrons. The van der Waals surface area contributed by atoms with Gasteiger partial charge >= 0.3 is 0 Å². The lowest BCUT2D eigenvalue weighted by Crippen LogP contribution is -2.38. The number of aromatic nitrogens is 3. The van der Waals surface area contributed by atoms with E-state index in [0.717, 1.165) is 47.9 Å². The first-order valence-electron chi connectivity index (χ1n) is 10.2. The molecule has 0 saturated carbocycles. The number of rotatable bonds is 9. The molecular formula is C21H28ClIN6O2. The van der Waals surface area contributed by atoms with Crippen LogP contribution >= 0.6 is 35.6 Å². The Kier molecular flexibility index (Phi) is 10.3. The highest BCUT2D eigenvalue weighted by atomic mass is 127. The molecule has 2 heterocycles. The minimum Gasteiger partial charge on any atom is -0.361 e. The molecule has 0 radical (unpaired) electrons. The fraction of sp³-hybridized carbons (Fsp3) is 0.429. The van der Waals surface area contributed by atoms with Gasteiger partial charge in [0.15, 0.2) is 5.96 Å². The van der Waals surface area contributed by atoms with Gasteiger partial charge in [-0.25, -0.2) is 4.99 Å². The van der Waals surface area contributed by atoms with Gasteiger partial charge in [0.05, 0.1) is 12.2 Å². The van der Waals surface area contributed by atoms with Gasteiger partial charge in [-0.05, 0) is 25.5 Å². The second-order valence-corrected chi connectivity index (χ2v) is 7.07. The summed E-state index contributed by atoms with van der Waals surface area (Å²) in [7, 11) is 0. The van der Waals surface area contributed by atoms with Crippen LogP contribution < -0.4 is 10.6 Å². The molecule has 0 aliphatic rings. The third kappa shape index (κ3) is 6.93. The van der Waals surface area contributed by atoms with Crippen molar-refractivity contribution in [3.05, 3.63) is 52.2 Å². The van der Waals surface area contributed by atoms with E-state index >= 15 is 0 Å². The van der Waals surface area contributed by atoms with Crippen LogP contribution in [-0.2, 0) is 25.8 Å². The molecular weight excluding hydrogens is 531 g/mol. The average Bonchev–Trinajstić information content (AvgIpc) is 3.38. The molecule has 8 nitrogen and oxygen atoms in total. The van der Waals surface area contributed by atoms with E-state index in [2.05, 4.69) is 44.8 Å². The average molecular weight is 559 g/mol. The summed E-state index contributed by atoms with van der Waals surface area (Å²) in [4.78, 5) is 9.12. The molecule has 0 amide bonds. The smallest absolute Gasteiger partial charge is 0.228 e. The van der Waals surface area contributed by atoms with Crippen molar-refractivity contribution in [3.8, 4) is 11.4 Å². The Morgan fingerprint density at radius 2 is 1.94 bits per heavy atom. The van der Waals surface area contributed by atoms with Gasteiger partial charge in [-0.15, -0.1) is 24.0 Å². The first-order valence-corrected chi connectivity index (χ1v) is 10.6. The molecule has 0 atom stereocenters. The number of nitrogens with zero attached hydrogens (tertiary/aromatic N) is 4. The summed E-state index contributed by atoms with van der Waals surface area (Å²) in [6.45, 7) is 8.03. The largest absolute Gasteiger partial charge is 0.361 e. The monoisotopic (exact) mass is 558 g/mol. The predicted octanol–water partition coefficient (Wildman–Crippen LogP) is 4.42. The van der Waals surface area contributed by atoms with Crippen molar-refractivity contribution in [2.75, 3.05) is 13.1 Å². The SMILES string of the molecule is CCNC(=NCc1c(CC)noc1CC)NCCc1nc(-c2cccc(Cl)c2)no1.I. The van der Waals surface area contributed by atoms with Crippen LogP contribution in [0.3, 0.4) is 0 Å². The van der Waals surface area contributed by atoms with E-state index in [0.29, 0.717) is 36.2 Å². The van der Waals surface area contributed by atoms with Crippen molar-refractivity contribution >= 4 is 41.5 Å². The highest BCUT2D eigenvalue weighted by Gasteiger charge is 2.13. The Morgan fingerprint density at radius 3 is 2.65 bits per heavy atom. The molecule has 3 rings (SSSR count). The lowest BCUT2D eigenvalue weighted by Gasteiger charge is -2.10. The highest BCUT2D eigenvalue weighted by molar-refractivity contribution is 14.0. The molecule has 0 spiro atoms. The van der Waals surface area contributed by atoms with Gasteiger partial charge < -0.3 is 19.7 Å². The standard InChI is InChI=1S/C21H27ClN6O2.HI/c1-4-17-16(18(5-2)29-27-17)13-25-21(23-6-3)24-11-10-19-26-20(28-30-19)14-8-7-9-15(22)12-14;/h7-9,12H,4-6,10-11,13H2,1-3H3,(H2,23,24,25);1H. The van der Waals surface area contributed by atoms with Gasteiger partial charge in [0.25, 0.3) is 0 Å². The van der Waals surface area contributed by atoms with E-state index in [1.54, 1.807) is 0 Å². The second kappa shape index (κ2) is 12.7. The summed E-state index contributed by atoms with van der Waals surface area (Å²) in [6, 6.07) is 7.38. The number of nitrogens with one attached hydrogen (secondary N) is 2. The first kappa shape index (κ1) is 25.1. The number of halogens is 2. The number of aliphatic imine (C=N–C) groups is 1. The molecule has 1 aromatic carbocycles. The van der Waals surface area contributed by atoms with Crippen LogP contribution in [0.5, 0.6) is 0 Å². The van der Waals surface area contributed by atoms with Crippen LogP contribution in [0.2, 0.25) is 5.02 Å². The van der Waals surface area contributed by atoms with Crippen molar-refractivity contribution in [2.24, 2.45) is 4.99 Å². The molecule has 2 N–H and O–H groups in total. The van der Waals surface area contributed by atoms with Gasteiger partial charge in [-0.2, -0.15) is 4.98 Å². The predicted molar refractivity (Wildman–Crippen MR) is 132 cm³/mol. The summed E-state index contributed by atoms with van der Waals surface area (Å²) in [5.41, 5.74) is 2.86. The third-order valence-corrected chi connectivity index (χ3v) is 4.76. The summed E-state index contributed by atoms with van der Waals surface area (Å²) in [5.74, 6) is 2.69. The Balaban J connectivity index is 0.00000341. The molecule has 0 saturated heterocycles. The number of hydrogen-bond acceptors (Lipinski definition) is 6. The van der Waals surface area contributed by atoms with Gasteiger partial charge in [-0.3, -0.25) is 0 Å². The van der Waals surface area contributed by atoms with Crippen molar-refractivity contribution in [2.45, 2.75) is 46.6 Å². The Morgan fingerprint density at radius 1 is 1.10 bits per heavy atom. The molecule has 0 aliphatic heterocycles. The maximum Gasteiger partial charge on any atom is 0.228 e. The minimum atomic E-state index is 0. The molecule has 10 heteroatoms. The van der Waals surface area contributed by atoms with Crippen LogP contribution in [0.25, 0.3) is 11.4 Å². The lowest BCUT2D eigenvalue weighted by molar-refractivity contribution is 0.378. The Labute approximate surface area is 204 Å². The molecule has 0 fully saturated rings. The zero-order chi connectivity index (χ0) is 21.3. The maximum atomic E-state index is 6.03. The van der Waals surface area contributed by atoms with Crippen LogP contribution in [-0.4, -0.2) is 34.3 Å². The van der Waals surface area contributed by atoms with Gasteiger partial charge in [0, 0.05) is 42.1 Å². The maximum absolute atomic E-state index is 6.03. The Bertz CT molecular complexity index is 966. The quantitative estimate of drug-likeness (QED) is 0.228. The van der Waals surface area contributed by atoms with Crippen molar-refractivity contribution in [1.82, 2.24) is 25.9 Å². The molecule has 31 heavy (non-hydrogen) atoms. The van der Waals surface area contributed by atoms with Crippen LogP contribution in [0.4, 0.5) is 0 Å². The fourth-order valence-electron chi connectivity index (χ4n) is 3.01. The molecule has 2 aromatic heterocycles. The van der Waals surface area contributed by atoms with E-state index in [4.69, 9.17) is 20.6 Å². The minimum absolute atomic E-state index is 0. The number of guanidine groups is 1. The Hall–Kier alpha value is -2.14. The number of hydrogen-bond donors (Lipinski definition) is 2. The molecule has 0 unspecified atom stereocenters. The van der Waals surface area contributed by atoms with Gasteiger partial charge in [0.1, 0.15) is 5.76 Å². The van der Waals surface area contributed by atoms with E-state index in [1.165, 1.54) is 0 Å². The molecule has 3 aromatic rings. The zero-order valence-corrected chi connectivity index (χ0v) is 21.0.